The van der Waals surface area contributed by atoms with Gasteiger partial charge < -0.3 is 9.72 Å². The van der Waals surface area contributed by atoms with Crippen molar-refractivity contribution in [2.24, 2.45) is 0 Å². The van der Waals surface area contributed by atoms with Gasteiger partial charge in [-0.25, -0.2) is 0 Å². The van der Waals surface area contributed by atoms with E-state index in [2.05, 4.69) is 42.8 Å². The molecule has 108 valence electrons. The van der Waals surface area contributed by atoms with Crippen LogP contribution in [0.3, 0.4) is 0 Å². The van der Waals surface area contributed by atoms with Crippen LogP contribution in [0.15, 0.2) is 18.2 Å². The molecular formula is C17H25NOSi. The van der Waals surface area contributed by atoms with E-state index in [4.69, 9.17) is 4.74 Å². The zero-order valence-corrected chi connectivity index (χ0v) is 13.9. The SMILES string of the molecule is C[Si](C)(C)c1[nH]c2cccc3c2c1CCCCCCO3. The molecule has 0 saturated heterocycles. The zero-order valence-electron chi connectivity index (χ0n) is 12.9. The van der Waals surface area contributed by atoms with E-state index in [0.717, 1.165) is 12.4 Å². The van der Waals surface area contributed by atoms with Gasteiger partial charge in [-0.1, -0.05) is 38.5 Å². The number of aromatic nitrogens is 1. The molecule has 1 aromatic heterocycles. The van der Waals surface area contributed by atoms with Gasteiger partial charge >= 0.3 is 0 Å². The standard InChI is InChI=1S/C17H25NOSi/c1-20(2,3)17-13-9-6-4-5-7-12-19-15-11-8-10-14(18-17)16(13)15/h8,10-11,18H,4-7,9,12H2,1-3H3. The molecule has 3 heteroatoms. The Morgan fingerprint density at radius 1 is 1.05 bits per heavy atom. The Morgan fingerprint density at radius 3 is 2.65 bits per heavy atom. The van der Waals surface area contributed by atoms with Gasteiger partial charge in [-0.3, -0.25) is 0 Å². The van der Waals surface area contributed by atoms with Crippen molar-refractivity contribution in [2.75, 3.05) is 6.61 Å². The fourth-order valence-corrected chi connectivity index (χ4v) is 4.90. The molecule has 2 heterocycles. The lowest BCUT2D eigenvalue weighted by atomic mass is 10.0. The number of aryl methyl sites for hydroxylation is 1. The number of aromatic amines is 1. The average molecular weight is 287 g/mol. The van der Waals surface area contributed by atoms with Crippen LogP contribution in [0, 0.1) is 0 Å². The highest BCUT2D eigenvalue weighted by molar-refractivity contribution is 6.88. The second-order valence-electron chi connectivity index (χ2n) is 6.92. The minimum Gasteiger partial charge on any atom is -0.493 e. The average Bonchev–Trinajstić information content (AvgIpc) is 2.78. The Hall–Kier alpha value is -1.22. The van der Waals surface area contributed by atoms with Gasteiger partial charge in [0.25, 0.3) is 0 Å². The van der Waals surface area contributed by atoms with Crippen LogP contribution >= 0.6 is 0 Å². The number of ether oxygens (including phenoxy) is 1. The van der Waals surface area contributed by atoms with Crippen LogP contribution in [0.2, 0.25) is 19.6 Å². The van der Waals surface area contributed by atoms with Crippen LogP contribution in [-0.4, -0.2) is 19.7 Å². The van der Waals surface area contributed by atoms with E-state index in [1.807, 2.05) is 0 Å². The van der Waals surface area contributed by atoms with E-state index in [1.165, 1.54) is 53.9 Å². The second kappa shape index (κ2) is 5.28. The summed E-state index contributed by atoms with van der Waals surface area (Å²) in [5, 5.41) is 2.87. The fourth-order valence-electron chi connectivity index (χ4n) is 3.23. The molecule has 0 amide bonds. The van der Waals surface area contributed by atoms with Crippen LogP contribution in [0.5, 0.6) is 5.75 Å². The molecule has 1 aromatic carbocycles. The molecule has 2 aromatic rings. The van der Waals surface area contributed by atoms with Crippen molar-refractivity contribution in [1.29, 1.82) is 0 Å². The first-order chi connectivity index (χ1) is 9.57. The predicted molar refractivity (Wildman–Crippen MR) is 88.9 cm³/mol. The van der Waals surface area contributed by atoms with Gasteiger partial charge in [0.05, 0.1) is 14.7 Å². The van der Waals surface area contributed by atoms with Crippen LogP contribution < -0.4 is 10.1 Å². The van der Waals surface area contributed by atoms with E-state index < -0.39 is 8.07 Å². The maximum atomic E-state index is 6.06. The molecule has 2 nitrogen and oxygen atoms in total. The monoisotopic (exact) mass is 287 g/mol. The van der Waals surface area contributed by atoms with E-state index in [1.54, 1.807) is 0 Å². The molecule has 1 N–H and O–H groups in total. The molecular weight excluding hydrogens is 262 g/mol. The second-order valence-corrected chi connectivity index (χ2v) is 11.9. The number of benzene rings is 1. The summed E-state index contributed by atoms with van der Waals surface area (Å²) in [7, 11) is -1.35. The normalized spacial score (nSPS) is 16.9. The highest BCUT2D eigenvalue weighted by atomic mass is 28.3. The smallest absolute Gasteiger partial charge is 0.128 e. The summed E-state index contributed by atoms with van der Waals surface area (Å²) in [6.07, 6.45) is 6.29. The van der Waals surface area contributed by atoms with Gasteiger partial charge in [0.2, 0.25) is 0 Å². The number of hydrogen-bond donors (Lipinski definition) is 1. The number of hydrogen-bond acceptors (Lipinski definition) is 1. The summed E-state index contributed by atoms with van der Waals surface area (Å²) in [4.78, 5) is 3.71. The van der Waals surface area contributed by atoms with Gasteiger partial charge in [-0.05, 0) is 37.0 Å². The fraction of sp³-hybridized carbons (Fsp3) is 0.529. The predicted octanol–water partition coefficient (Wildman–Crippen LogP) is 4.21. The maximum absolute atomic E-state index is 6.06. The van der Waals surface area contributed by atoms with Gasteiger partial charge in [0.15, 0.2) is 0 Å². The van der Waals surface area contributed by atoms with Crippen LogP contribution in [0.25, 0.3) is 10.9 Å². The third-order valence-electron chi connectivity index (χ3n) is 4.22. The largest absolute Gasteiger partial charge is 0.493 e. The van der Waals surface area contributed by atoms with Crippen molar-refractivity contribution in [1.82, 2.24) is 4.98 Å². The quantitative estimate of drug-likeness (QED) is 0.781. The highest BCUT2D eigenvalue weighted by Crippen LogP contribution is 2.31. The zero-order chi connectivity index (χ0) is 14.2. The summed E-state index contributed by atoms with van der Waals surface area (Å²) in [6.45, 7) is 8.13. The third-order valence-corrected chi connectivity index (χ3v) is 6.14. The van der Waals surface area contributed by atoms with E-state index in [-0.39, 0.29) is 0 Å². The summed E-state index contributed by atoms with van der Waals surface area (Å²) in [5.74, 6) is 1.08. The molecule has 0 saturated carbocycles. The molecule has 0 spiro atoms. The summed E-state index contributed by atoms with van der Waals surface area (Å²) in [5.41, 5.74) is 2.80. The summed E-state index contributed by atoms with van der Waals surface area (Å²) >= 11 is 0. The van der Waals surface area contributed by atoms with Gasteiger partial charge in [0.1, 0.15) is 5.75 Å². The van der Waals surface area contributed by atoms with Crippen molar-refractivity contribution in [3.8, 4) is 5.75 Å². The Bertz CT molecular complexity index is 609. The van der Waals surface area contributed by atoms with Crippen LogP contribution in [0.1, 0.15) is 31.2 Å². The Balaban J connectivity index is 2.21. The van der Waals surface area contributed by atoms with Gasteiger partial charge in [-0.2, -0.15) is 0 Å². The molecule has 0 fully saturated rings. The van der Waals surface area contributed by atoms with Crippen molar-refractivity contribution < 1.29 is 4.74 Å². The minimum atomic E-state index is -1.35. The third kappa shape index (κ3) is 2.51. The minimum absolute atomic E-state index is 0.853. The Morgan fingerprint density at radius 2 is 1.85 bits per heavy atom. The van der Waals surface area contributed by atoms with E-state index in [9.17, 15) is 0 Å². The lowest BCUT2D eigenvalue weighted by molar-refractivity contribution is 0.307. The van der Waals surface area contributed by atoms with Crippen LogP contribution in [-0.2, 0) is 6.42 Å². The molecule has 0 aliphatic carbocycles. The van der Waals surface area contributed by atoms with E-state index in [0.29, 0.717) is 0 Å². The van der Waals surface area contributed by atoms with E-state index >= 15 is 0 Å². The van der Waals surface area contributed by atoms with Crippen molar-refractivity contribution in [3.63, 3.8) is 0 Å². The molecule has 0 radical (unpaired) electrons. The topological polar surface area (TPSA) is 25.0 Å². The molecule has 0 unspecified atom stereocenters. The molecule has 0 atom stereocenters. The first kappa shape index (κ1) is 13.7. The first-order valence-corrected chi connectivity index (χ1v) is 11.3. The van der Waals surface area contributed by atoms with Crippen molar-refractivity contribution >= 4 is 24.3 Å². The Labute approximate surface area is 122 Å². The Kier molecular flexibility index (Phi) is 3.63. The van der Waals surface area contributed by atoms with Crippen LogP contribution in [0.4, 0.5) is 0 Å². The van der Waals surface area contributed by atoms with Crippen molar-refractivity contribution in [2.45, 2.75) is 51.7 Å². The number of nitrogens with one attached hydrogen (secondary N) is 1. The molecule has 0 bridgehead atoms. The number of H-pyrrole nitrogens is 1. The molecule has 1 aliphatic rings. The number of rotatable bonds is 1. The summed E-state index contributed by atoms with van der Waals surface area (Å²) < 4.78 is 6.06. The summed E-state index contributed by atoms with van der Waals surface area (Å²) in [6, 6.07) is 6.44. The molecule has 1 aliphatic heterocycles. The first-order valence-electron chi connectivity index (χ1n) is 7.84. The lowest BCUT2D eigenvalue weighted by Gasteiger charge is -2.18. The lowest BCUT2D eigenvalue weighted by Crippen LogP contribution is -2.40. The highest BCUT2D eigenvalue weighted by Gasteiger charge is 2.25. The van der Waals surface area contributed by atoms with Gasteiger partial charge in [-0.15, -0.1) is 0 Å². The maximum Gasteiger partial charge on any atom is 0.128 e. The molecule has 3 rings (SSSR count). The van der Waals surface area contributed by atoms with Crippen molar-refractivity contribution in [3.05, 3.63) is 23.8 Å². The van der Waals surface area contributed by atoms with Gasteiger partial charge in [0, 0.05) is 16.2 Å². The molecule has 20 heavy (non-hydrogen) atoms.